The molecule has 1 aromatic heterocycles. The van der Waals surface area contributed by atoms with Crippen LogP contribution in [-0.2, 0) is 0 Å². The fourth-order valence-corrected chi connectivity index (χ4v) is 1.88. The van der Waals surface area contributed by atoms with Gasteiger partial charge < -0.3 is 10.4 Å². The second-order valence-electron chi connectivity index (χ2n) is 4.74. The van der Waals surface area contributed by atoms with Crippen LogP contribution in [0.5, 0.6) is 0 Å². The molecule has 0 unspecified atom stereocenters. The van der Waals surface area contributed by atoms with Crippen LogP contribution < -0.4 is 5.32 Å². The Morgan fingerprint density at radius 3 is 2.45 bits per heavy atom. The normalized spacial score (nSPS) is 10.2. The molecule has 0 spiro atoms. The molecule has 0 saturated carbocycles. The van der Waals surface area contributed by atoms with Gasteiger partial charge in [0.1, 0.15) is 11.4 Å². The van der Waals surface area contributed by atoms with Crippen molar-refractivity contribution >= 4 is 11.9 Å². The van der Waals surface area contributed by atoms with Crippen molar-refractivity contribution in [2.24, 2.45) is 0 Å². The maximum Gasteiger partial charge on any atom is 0.354 e. The Bertz CT molecular complexity index is 446. The molecular formula is C15H22N2O3. The molecule has 0 fully saturated rings. The topological polar surface area (TPSA) is 79.3 Å². The first-order valence-corrected chi connectivity index (χ1v) is 7.13. The van der Waals surface area contributed by atoms with Crippen molar-refractivity contribution in [2.45, 2.75) is 45.4 Å². The van der Waals surface area contributed by atoms with Gasteiger partial charge in [0, 0.05) is 6.54 Å². The fraction of sp³-hybridized carbons (Fsp3) is 0.533. The van der Waals surface area contributed by atoms with Crippen molar-refractivity contribution in [1.29, 1.82) is 0 Å². The Hall–Kier alpha value is -1.91. The predicted molar refractivity (Wildman–Crippen MR) is 76.9 cm³/mol. The second kappa shape index (κ2) is 9.07. The molecule has 0 atom stereocenters. The number of unbranched alkanes of at least 4 members (excludes halogenated alkanes) is 5. The zero-order chi connectivity index (χ0) is 14.8. The molecule has 0 aromatic carbocycles. The van der Waals surface area contributed by atoms with Crippen LogP contribution in [0.1, 0.15) is 66.4 Å². The minimum absolute atomic E-state index is 0.114. The standard InChI is InChI=1S/C15H22N2O3/c1-2-3-4-5-6-7-11-16-14(18)12-9-8-10-13(17-12)15(19)20/h8-10H,2-7,11H2,1H3,(H,16,18)(H,19,20). The van der Waals surface area contributed by atoms with E-state index in [1.807, 2.05) is 0 Å². The lowest BCUT2D eigenvalue weighted by Gasteiger charge is -2.05. The molecule has 1 rings (SSSR count). The average molecular weight is 278 g/mol. The first kappa shape index (κ1) is 16.1. The maximum absolute atomic E-state index is 11.8. The summed E-state index contributed by atoms with van der Waals surface area (Å²) in [6.45, 7) is 2.78. The lowest BCUT2D eigenvalue weighted by Crippen LogP contribution is -2.25. The summed E-state index contributed by atoms with van der Waals surface area (Å²) in [5, 5.41) is 11.6. The molecule has 5 nitrogen and oxygen atoms in total. The van der Waals surface area contributed by atoms with Gasteiger partial charge in [-0.25, -0.2) is 9.78 Å². The van der Waals surface area contributed by atoms with E-state index in [1.54, 1.807) is 0 Å². The van der Waals surface area contributed by atoms with Crippen LogP contribution in [0, 0.1) is 0 Å². The molecule has 0 radical (unpaired) electrons. The van der Waals surface area contributed by atoms with Crippen LogP contribution in [0.3, 0.4) is 0 Å². The quantitative estimate of drug-likeness (QED) is 0.681. The Morgan fingerprint density at radius 1 is 1.10 bits per heavy atom. The Balaban J connectivity index is 2.29. The number of carboxylic acids is 1. The summed E-state index contributed by atoms with van der Waals surface area (Å²) in [4.78, 5) is 26.4. The van der Waals surface area contributed by atoms with Crippen molar-refractivity contribution in [1.82, 2.24) is 10.3 Å². The minimum atomic E-state index is -1.13. The summed E-state index contributed by atoms with van der Waals surface area (Å²) in [6, 6.07) is 4.41. The molecule has 2 N–H and O–H groups in total. The van der Waals surface area contributed by atoms with E-state index in [-0.39, 0.29) is 17.3 Å². The Morgan fingerprint density at radius 2 is 1.75 bits per heavy atom. The lowest BCUT2D eigenvalue weighted by atomic mass is 10.1. The van der Waals surface area contributed by atoms with Gasteiger partial charge >= 0.3 is 5.97 Å². The second-order valence-corrected chi connectivity index (χ2v) is 4.74. The maximum atomic E-state index is 11.8. The molecule has 1 heterocycles. The summed E-state index contributed by atoms with van der Waals surface area (Å²) in [7, 11) is 0. The van der Waals surface area contributed by atoms with Crippen LogP contribution in [0.2, 0.25) is 0 Å². The number of carboxylic acid groups (broad SMARTS) is 1. The number of carbonyl (C=O) groups excluding carboxylic acids is 1. The number of pyridine rings is 1. The number of rotatable bonds is 9. The van der Waals surface area contributed by atoms with Gasteiger partial charge in [0.05, 0.1) is 0 Å². The van der Waals surface area contributed by atoms with E-state index in [1.165, 1.54) is 43.9 Å². The van der Waals surface area contributed by atoms with Gasteiger partial charge in [-0.1, -0.05) is 45.1 Å². The Kier molecular flexibility index (Phi) is 7.32. The van der Waals surface area contributed by atoms with E-state index in [0.717, 1.165) is 12.8 Å². The number of nitrogens with zero attached hydrogens (tertiary/aromatic N) is 1. The lowest BCUT2D eigenvalue weighted by molar-refractivity contribution is 0.0690. The predicted octanol–water partition coefficient (Wildman–Crippen LogP) is 2.87. The number of carbonyl (C=O) groups is 2. The largest absolute Gasteiger partial charge is 0.477 e. The van der Waals surface area contributed by atoms with Gasteiger partial charge in [-0.05, 0) is 18.6 Å². The molecule has 0 aliphatic rings. The van der Waals surface area contributed by atoms with Gasteiger partial charge in [0.25, 0.3) is 5.91 Å². The van der Waals surface area contributed by atoms with E-state index in [0.29, 0.717) is 6.54 Å². The van der Waals surface area contributed by atoms with Gasteiger partial charge in [-0.3, -0.25) is 4.79 Å². The van der Waals surface area contributed by atoms with Crippen LogP contribution in [0.4, 0.5) is 0 Å². The Labute approximate surface area is 119 Å². The third kappa shape index (κ3) is 5.82. The number of amides is 1. The molecule has 1 aromatic rings. The summed E-state index contributed by atoms with van der Waals surface area (Å²) in [6.07, 6.45) is 6.96. The molecule has 0 aliphatic heterocycles. The molecule has 0 bridgehead atoms. The van der Waals surface area contributed by atoms with E-state index in [2.05, 4.69) is 17.2 Å². The number of aromatic carboxylic acids is 1. The van der Waals surface area contributed by atoms with E-state index in [4.69, 9.17) is 5.11 Å². The average Bonchev–Trinajstić information content (AvgIpc) is 2.46. The SMILES string of the molecule is CCCCCCCCNC(=O)c1cccc(C(=O)O)n1. The summed E-state index contributed by atoms with van der Waals surface area (Å²) in [5.74, 6) is -1.45. The van der Waals surface area contributed by atoms with Crippen LogP contribution >= 0.6 is 0 Å². The molecule has 5 heteroatoms. The van der Waals surface area contributed by atoms with Crippen molar-refractivity contribution in [3.63, 3.8) is 0 Å². The van der Waals surface area contributed by atoms with Gasteiger partial charge in [0.2, 0.25) is 0 Å². The molecule has 0 aliphatic carbocycles. The smallest absolute Gasteiger partial charge is 0.354 e. The summed E-state index contributed by atoms with van der Waals surface area (Å²) in [5.41, 5.74) is 0.0353. The highest BCUT2D eigenvalue weighted by Gasteiger charge is 2.10. The molecular weight excluding hydrogens is 256 g/mol. The summed E-state index contributed by atoms with van der Waals surface area (Å²) < 4.78 is 0. The summed E-state index contributed by atoms with van der Waals surface area (Å²) >= 11 is 0. The monoisotopic (exact) mass is 278 g/mol. The molecule has 20 heavy (non-hydrogen) atoms. The zero-order valence-electron chi connectivity index (χ0n) is 11.9. The first-order chi connectivity index (χ1) is 9.65. The van der Waals surface area contributed by atoms with Crippen LogP contribution in [0.15, 0.2) is 18.2 Å². The first-order valence-electron chi connectivity index (χ1n) is 7.13. The molecule has 0 saturated heterocycles. The van der Waals surface area contributed by atoms with Crippen molar-refractivity contribution < 1.29 is 14.7 Å². The van der Waals surface area contributed by atoms with Crippen molar-refractivity contribution in [3.8, 4) is 0 Å². The van der Waals surface area contributed by atoms with E-state index in [9.17, 15) is 9.59 Å². The number of aromatic nitrogens is 1. The highest BCUT2D eigenvalue weighted by atomic mass is 16.4. The highest BCUT2D eigenvalue weighted by Crippen LogP contribution is 2.04. The number of hydrogen-bond donors (Lipinski definition) is 2. The molecule has 1 amide bonds. The van der Waals surface area contributed by atoms with E-state index < -0.39 is 5.97 Å². The zero-order valence-corrected chi connectivity index (χ0v) is 11.9. The van der Waals surface area contributed by atoms with Gasteiger partial charge in [-0.2, -0.15) is 0 Å². The minimum Gasteiger partial charge on any atom is -0.477 e. The highest BCUT2D eigenvalue weighted by molar-refractivity contribution is 5.94. The van der Waals surface area contributed by atoms with E-state index >= 15 is 0 Å². The molecule has 110 valence electrons. The third-order valence-electron chi connectivity index (χ3n) is 3.02. The van der Waals surface area contributed by atoms with Crippen LogP contribution in [0.25, 0.3) is 0 Å². The van der Waals surface area contributed by atoms with Crippen molar-refractivity contribution in [2.75, 3.05) is 6.54 Å². The fourth-order valence-electron chi connectivity index (χ4n) is 1.88. The number of hydrogen-bond acceptors (Lipinski definition) is 3. The van der Waals surface area contributed by atoms with Gasteiger partial charge in [-0.15, -0.1) is 0 Å². The van der Waals surface area contributed by atoms with Gasteiger partial charge in [0.15, 0.2) is 0 Å². The number of nitrogens with one attached hydrogen (secondary N) is 1. The third-order valence-corrected chi connectivity index (χ3v) is 3.02. The van der Waals surface area contributed by atoms with Crippen LogP contribution in [-0.4, -0.2) is 28.5 Å². The van der Waals surface area contributed by atoms with Crippen molar-refractivity contribution in [3.05, 3.63) is 29.6 Å².